The Balaban J connectivity index is 3.26. The number of nitrogens with zero attached hydrogens (tertiary/aromatic N) is 3. The van der Waals surface area contributed by atoms with Gasteiger partial charge in [-0.1, -0.05) is 6.92 Å². The van der Waals surface area contributed by atoms with Crippen molar-refractivity contribution < 1.29 is 9.72 Å². The van der Waals surface area contributed by atoms with Crippen LogP contribution in [0, 0.1) is 10.1 Å². The Bertz CT molecular complexity index is 517. The third-order valence-corrected chi connectivity index (χ3v) is 3.02. The maximum absolute atomic E-state index is 12.6. The molecule has 0 aromatic carbocycles. The lowest BCUT2D eigenvalue weighted by molar-refractivity contribution is -0.385. The van der Waals surface area contributed by atoms with Gasteiger partial charge in [0, 0.05) is 25.2 Å². The van der Waals surface area contributed by atoms with Gasteiger partial charge in [-0.05, 0) is 27.2 Å². The number of nitrogens with one attached hydrogen (secondary N) is 1. The van der Waals surface area contributed by atoms with Crippen LogP contribution >= 0.6 is 0 Å². The van der Waals surface area contributed by atoms with Crippen LogP contribution < -0.4 is 5.32 Å². The molecule has 0 spiro atoms. The molecule has 0 bridgehead atoms. The highest BCUT2D eigenvalue weighted by Crippen LogP contribution is 2.23. The van der Waals surface area contributed by atoms with Crippen molar-refractivity contribution in [2.45, 2.75) is 40.2 Å². The first-order chi connectivity index (χ1) is 9.92. The van der Waals surface area contributed by atoms with Crippen LogP contribution in [-0.2, 0) is 0 Å². The minimum absolute atomic E-state index is 0.0206. The summed E-state index contributed by atoms with van der Waals surface area (Å²) in [5, 5.41) is 14.1. The van der Waals surface area contributed by atoms with Gasteiger partial charge in [0.15, 0.2) is 0 Å². The van der Waals surface area contributed by atoms with E-state index in [4.69, 9.17) is 0 Å². The van der Waals surface area contributed by atoms with Crippen LogP contribution in [0.5, 0.6) is 0 Å². The van der Waals surface area contributed by atoms with E-state index in [0.717, 1.165) is 12.6 Å². The van der Waals surface area contributed by atoms with Crippen LogP contribution in [0.2, 0.25) is 0 Å². The van der Waals surface area contributed by atoms with E-state index in [1.165, 1.54) is 6.07 Å². The van der Waals surface area contributed by atoms with Gasteiger partial charge in [-0.15, -0.1) is 0 Å². The van der Waals surface area contributed by atoms with E-state index in [1.807, 2.05) is 27.7 Å². The fourth-order valence-electron chi connectivity index (χ4n) is 2.03. The van der Waals surface area contributed by atoms with E-state index in [0.29, 0.717) is 18.9 Å². The van der Waals surface area contributed by atoms with Crippen molar-refractivity contribution in [1.29, 1.82) is 0 Å². The quantitative estimate of drug-likeness (QED) is 0.617. The van der Waals surface area contributed by atoms with Crippen molar-refractivity contribution in [3.05, 3.63) is 27.9 Å². The molecule has 0 aliphatic rings. The van der Waals surface area contributed by atoms with Crippen LogP contribution in [0.3, 0.4) is 0 Å². The summed E-state index contributed by atoms with van der Waals surface area (Å²) in [5.74, 6) is 0.131. The summed E-state index contributed by atoms with van der Waals surface area (Å²) in [4.78, 5) is 28.8. The lowest BCUT2D eigenvalue weighted by Crippen LogP contribution is -2.37. The number of carbonyl (C=O) groups excluding carboxylic acids is 1. The number of amides is 1. The lowest BCUT2D eigenvalue weighted by Gasteiger charge is -2.26. The van der Waals surface area contributed by atoms with Gasteiger partial charge in [-0.25, -0.2) is 4.98 Å². The molecule has 0 radical (unpaired) electrons. The van der Waals surface area contributed by atoms with E-state index in [-0.39, 0.29) is 23.2 Å². The number of pyridine rings is 1. The van der Waals surface area contributed by atoms with Crippen LogP contribution in [0.1, 0.15) is 44.5 Å². The predicted octanol–water partition coefficient (Wildman–Crippen LogP) is 2.68. The number of anilines is 1. The number of carbonyl (C=O) groups is 1. The Morgan fingerprint density at radius 1 is 1.48 bits per heavy atom. The molecule has 0 aliphatic carbocycles. The zero-order valence-corrected chi connectivity index (χ0v) is 12.9. The minimum atomic E-state index is -0.569. The highest BCUT2D eigenvalue weighted by atomic mass is 16.6. The van der Waals surface area contributed by atoms with Gasteiger partial charge < -0.3 is 10.2 Å². The zero-order valence-electron chi connectivity index (χ0n) is 12.9. The average Bonchev–Trinajstić information content (AvgIpc) is 2.43. The van der Waals surface area contributed by atoms with Gasteiger partial charge in [-0.2, -0.15) is 0 Å². The second-order valence-electron chi connectivity index (χ2n) is 4.97. The van der Waals surface area contributed by atoms with Crippen molar-refractivity contribution in [2.24, 2.45) is 0 Å². The molecule has 0 aliphatic heterocycles. The summed E-state index contributed by atoms with van der Waals surface area (Å²) in [6, 6.07) is 1.43. The predicted molar refractivity (Wildman–Crippen MR) is 81.5 cm³/mol. The molecule has 1 amide bonds. The van der Waals surface area contributed by atoms with Crippen LogP contribution in [0.25, 0.3) is 0 Å². The minimum Gasteiger partial charge on any atom is -0.370 e. The summed E-state index contributed by atoms with van der Waals surface area (Å²) in [5.41, 5.74) is -0.184. The van der Waals surface area contributed by atoms with Gasteiger partial charge in [0.25, 0.3) is 11.6 Å². The van der Waals surface area contributed by atoms with E-state index >= 15 is 0 Å². The highest BCUT2D eigenvalue weighted by molar-refractivity contribution is 5.98. The monoisotopic (exact) mass is 294 g/mol. The number of rotatable bonds is 7. The lowest BCUT2D eigenvalue weighted by atomic mass is 10.1. The second kappa shape index (κ2) is 7.56. The fourth-order valence-corrected chi connectivity index (χ4v) is 2.03. The first-order valence-corrected chi connectivity index (χ1v) is 7.11. The molecule has 1 heterocycles. The van der Waals surface area contributed by atoms with Gasteiger partial charge >= 0.3 is 0 Å². The number of aromatic nitrogens is 1. The number of hydrogen-bond acceptors (Lipinski definition) is 5. The molecule has 1 N–H and O–H groups in total. The average molecular weight is 294 g/mol. The molecule has 0 atom stereocenters. The van der Waals surface area contributed by atoms with Gasteiger partial charge in [-0.3, -0.25) is 14.9 Å². The topological polar surface area (TPSA) is 88.4 Å². The largest absolute Gasteiger partial charge is 0.370 e. The molecule has 0 fully saturated rings. The van der Waals surface area contributed by atoms with E-state index in [2.05, 4.69) is 10.3 Å². The van der Waals surface area contributed by atoms with Crippen molar-refractivity contribution in [1.82, 2.24) is 9.88 Å². The maximum atomic E-state index is 12.6. The first-order valence-electron chi connectivity index (χ1n) is 7.11. The van der Waals surface area contributed by atoms with Crippen LogP contribution in [0.15, 0.2) is 12.3 Å². The van der Waals surface area contributed by atoms with E-state index < -0.39 is 4.92 Å². The summed E-state index contributed by atoms with van der Waals surface area (Å²) in [7, 11) is 0. The summed E-state index contributed by atoms with van der Waals surface area (Å²) < 4.78 is 0. The van der Waals surface area contributed by atoms with Crippen LogP contribution in [-0.4, -0.2) is 39.8 Å². The molecule has 1 aromatic rings. The Labute approximate surface area is 124 Å². The Morgan fingerprint density at radius 3 is 2.62 bits per heavy atom. The SMILES string of the molecule is CCCN(C(=O)c1cc(NCC)ncc1[N+](=O)[O-])C(C)C. The van der Waals surface area contributed by atoms with Crippen molar-refractivity contribution in [2.75, 3.05) is 18.4 Å². The molecule has 1 rings (SSSR count). The van der Waals surface area contributed by atoms with Crippen molar-refractivity contribution >= 4 is 17.4 Å². The third kappa shape index (κ3) is 4.14. The summed E-state index contributed by atoms with van der Waals surface area (Å²) in [6.07, 6.45) is 1.93. The zero-order chi connectivity index (χ0) is 16.0. The van der Waals surface area contributed by atoms with Crippen molar-refractivity contribution in [3.63, 3.8) is 0 Å². The molecule has 0 unspecified atom stereocenters. The van der Waals surface area contributed by atoms with E-state index in [9.17, 15) is 14.9 Å². The smallest absolute Gasteiger partial charge is 0.300 e. The Kier molecular flexibility index (Phi) is 6.08. The molecule has 0 saturated carbocycles. The van der Waals surface area contributed by atoms with Gasteiger partial charge in [0.05, 0.1) is 4.92 Å². The highest BCUT2D eigenvalue weighted by Gasteiger charge is 2.26. The third-order valence-electron chi connectivity index (χ3n) is 3.02. The van der Waals surface area contributed by atoms with Crippen LogP contribution in [0.4, 0.5) is 11.5 Å². The maximum Gasteiger partial charge on any atom is 0.300 e. The van der Waals surface area contributed by atoms with Gasteiger partial charge in [0.2, 0.25) is 0 Å². The molecule has 1 aromatic heterocycles. The molecule has 21 heavy (non-hydrogen) atoms. The van der Waals surface area contributed by atoms with E-state index in [1.54, 1.807) is 4.90 Å². The molecule has 116 valence electrons. The Morgan fingerprint density at radius 2 is 2.14 bits per heavy atom. The summed E-state index contributed by atoms with van der Waals surface area (Å²) in [6.45, 7) is 8.83. The number of nitro groups is 1. The summed E-state index contributed by atoms with van der Waals surface area (Å²) >= 11 is 0. The molecule has 7 nitrogen and oxygen atoms in total. The normalized spacial score (nSPS) is 10.5. The van der Waals surface area contributed by atoms with Gasteiger partial charge in [0.1, 0.15) is 17.6 Å². The molecular weight excluding hydrogens is 272 g/mol. The standard InChI is InChI=1S/C14H22N4O3/c1-5-7-17(10(3)4)14(19)11-8-13(15-6-2)16-9-12(11)18(20)21/h8-10H,5-7H2,1-4H3,(H,15,16). The Hall–Kier alpha value is -2.18. The first kappa shape index (κ1) is 16.9. The molecule has 7 heteroatoms. The number of hydrogen-bond donors (Lipinski definition) is 1. The fraction of sp³-hybridized carbons (Fsp3) is 0.571. The molecule has 0 saturated heterocycles. The van der Waals surface area contributed by atoms with Crippen molar-refractivity contribution in [3.8, 4) is 0 Å². The second-order valence-corrected chi connectivity index (χ2v) is 4.97. The molecular formula is C14H22N4O3.